The van der Waals surface area contributed by atoms with Crippen LogP contribution in [-0.4, -0.2) is 23.1 Å². The average molecular weight is 232 g/mol. The molecule has 0 aromatic rings. The molecular formula is C6H9IMg. The number of halogens is 1. The van der Waals surface area contributed by atoms with Crippen LogP contribution in [0.4, 0.5) is 0 Å². The second-order valence-corrected chi connectivity index (χ2v) is 2.56. The molecule has 0 amide bonds. The van der Waals surface area contributed by atoms with Crippen LogP contribution >= 0.6 is 0 Å². The molecule has 0 unspecified atom stereocenters. The Morgan fingerprint density at radius 3 is 2.00 bits per heavy atom. The molecule has 0 N–H and O–H groups in total. The molecule has 0 radical (unpaired) electrons. The summed E-state index contributed by atoms with van der Waals surface area (Å²) >= 11 is 0. The van der Waals surface area contributed by atoms with Crippen LogP contribution in [0.15, 0.2) is 0 Å². The molecule has 0 atom stereocenters. The minimum atomic E-state index is 0. The summed E-state index contributed by atoms with van der Waals surface area (Å²) in [6.45, 7) is 0. The maximum absolute atomic E-state index is 1.85. The van der Waals surface area contributed by atoms with Gasteiger partial charge in [0.25, 0.3) is 0 Å². The van der Waals surface area contributed by atoms with Crippen LogP contribution in [0.1, 0.15) is 25.7 Å². The van der Waals surface area contributed by atoms with Gasteiger partial charge in [-0.1, -0.05) is 12.3 Å². The zero-order chi connectivity index (χ0) is 3.98. The molecule has 2 bridgehead atoms. The van der Waals surface area contributed by atoms with E-state index < -0.39 is 0 Å². The van der Waals surface area contributed by atoms with E-state index in [2.05, 4.69) is 0 Å². The maximum Gasteiger partial charge on any atom is 2.00 e. The minimum Gasteiger partial charge on any atom is -1.00 e. The fourth-order valence-corrected chi connectivity index (χ4v) is 1.57. The second-order valence-electron chi connectivity index (χ2n) is 2.56. The predicted octanol–water partition coefficient (Wildman–Crippen LogP) is -1.61. The molecule has 3 saturated carbocycles. The SMILES string of the molecule is C1CC2C[C-]1C2.[I-].[Mg+2]. The van der Waals surface area contributed by atoms with Crippen molar-refractivity contribution in [1.29, 1.82) is 0 Å². The van der Waals surface area contributed by atoms with Crippen molar-refractivity contribution in [2.45, 2.75) is 25.7 Å². The van der Waals surface area contributed by atoms with Gasteiger partial charge in [-0.25, -0.2) is 0 Å². The standard InChI is InChI=1S/C6H9.HI.Mg/c1-2-6-3-5(1)4-6;;/h5H,1-4H2;1H;/q-1;;+2/p-1. The van der Waals surface area contributed by atoms with Crippen molar-refractivity contribution in [3.63, 3.8) is 0 Å². The summed E-state index contributed by atoms with van der Waals surface area (Å²) in [5.74, 6) is 3.00. The summed E-state index contributed by atoms with van der Waals surface area (Å²) in [7, 11) is 0. The minimum absolute atomic E-state index is 0. The van der Waals surface area contributed by atoms with E-state index in [1.165, 1.54) is 25.7 Å². The van der Waals surface area contributed by atoms with Gasteiger partial charge in [0.05, 0.1) is 0 Å². The summed E-state index contributed by atoms with van der Waals surface area (Å²) in [6.07, 6.45) is 6.00. The third kappa shape index (κ3) is 1.51. The monoisotopic (exact) mass is 232 g/mol. The second kappa shape index (κ2) is 3.61. The van der Waals surface area contributed by atoms with Crippen molar-refractivity contribution in [3.8, 4) is 0 Å². The number of fused-ring (bicyclic) bond motifs is 1. The molecule has 0 heterocycles. The topological polar surface area (TPSA) is 0 Å². The van der Waals surface area contributed by atoms with Crippen molar-refractivity contribution >= 4 is 23.1 Å². The first-order chi connectivity index (χ1) is 2.95. The third-order valence-electron chi connectivity index (χ3n) is 2.06. The number of hydrogen-bond acceptors (Lipinski definition) is 0. The summed E-state index contributed by atoms with van der Waals surface area (Å²) < 4.78 is 0. The maximum atomic E-state index is 1.85. The van der Waals surface area contributed by atoms with Crippen LogP contribution in [0.25, 0.3) is 0 Å². The molecular weight excluding hydrogens is 223 g/mol. The molecule has 0 aliphatic heterocycles. The summed E-state index contributed by atoms with van der Waals surface area (Å²) in [6, 6.07) is 0. The van der Waals surface area contributed by atoms with E-state index in [0.717, 1.165) is 5.92 Å². The summed E-state index contributed by atoms with van der Waals surface area (Å²) in [5, 5.41) is 0. The molecule has 0 saturated heterocycles. The zero-order valence-electron chi connectivity index (χ0n) is 4.99. The van der Waals surface area contributed by atoms with Crippen LogP contribution < -0.4 is 24.0 Å². The molecule has 3 rings (SSSR count). The first-order valence-corrected chi connectivity index (χ1v) is 2.79. The van der Waals surface area contributed by atoms with Crippen molar-refractivity contribution in [1.82, 2.24) is 0 Å². The van der Waals surface area contributed by atoms with Gasteiger partial charge in [-0.2, -0.15) is 19.3 Å². The predicted molar refractivity (Wildman–Crippen MR) is 31.0 cm³/mol. The normalized spacial score (nSPS) is 25.5. The Bertz CT molecular complexity index is 55.4. The Balaban J connectivity index is 0.000000245. The van der Waals surface area contributed by atoms with Gasteiger partial charge < -0.3 is 29.9 Å². The Kier molecular flexibility index (Phi) is 4.29. The van der Waals surface area contributed by atoms with Gasteiger partial charge in [-0.05, 0) is 0 Å². The zero-order valence-corrected chi connectivity index (χ0v) is 8.56. The van der Waals surface area contributed by atoms with Gasteiger partial charge >= 0.3 is 23.1 Å². The molecule has 3 aliphatic carbocycles. The quantitative estimate of drug-likeness (QED) is 0.268. The molecule has 8 heavy (non-hydrogen) atoms. The van der Waals surface area contributed by atoms with Crippen LogP contribution in [0.3, 0.4) is 0 Å². The van der Waals surface area contributed by atoms with Gasteiger partial charge in [0.1, 0.15) is 0 Å². The fraction of sp³-hybridized carbons (Fsp3) is 0.833. The molecule has 2 heteroatoms. The van der Waals surface area contributed by atoms with Gasteiger partial charge in [-0.15, -0.1) is 0 Å². The Morgan fingerprint density at radius 1 is 1.25 bits per heavy atom. The van der Waals surface area contributed by atoms with E-state index in [-0.39, 0.29) is 47.0 Å². The molecule has 0 aromatic carbocycles. The van der Waals surface area contributed by atoms with Crippen molar-refractivity contribution < 1.29 is 24.0 Å². The number of hydrogen-bond donors (Lipinski definition) is 0. The number of rotatable bonds is 0. The smallest absolute Gasteiger partial charge is 1.00 e. The van der Waals surface area contributed by atoms with Crippen LogP contribution in [0.2, 0.25) is 0 Å². The van der Waals surface area contributed by atoms with Crippen molar-refractivity contribution in [2.24, 2.45) is 5.92 Å². The van der Waals surface area contributed by atoms with Gasteiger partial charge in [0, 0.05) is 0 Å². The van der Waals surface area contributed by atoms with Crippen LogP contribution in [0.5, 0.6) is 0 Å². The Hall–Kier alpha value is 1.50. The van der Waals surface area contributed by atoms with E-state index in [0.29, 0.717) is 0 Å². The molecule has 3 fully saturated rings. The van der Waals surface area contributed by atoms with Gasteiger partial charge in [0.15, 0.2) is 0 Å². The fourth-order valence-electron chi connectivity index (χ4n) is 1.57. The molecule has 0 nitrogen and oxygen atoms in total. The van der Waals surface area contributed by atoms with E-state index in [4.69, 9.17) is 0 Å². The Morgan fingerprint density at radius 2 is 1.88 bits per heavy atom. The van der Waals surface area contributed by atoms with Gasteiger partial charge in [-0.3, -0.25) is 0 Å². The largest absolute Gasteiger partial charge is 2.00 e. The third-order valence-corrected chi connectivity index (χ3v) is 2.06. The Labute approximate surface area is 84.0 Å². The van der Waals surface area contributed by atoms with Crippen LogP contribution in [0, 0.1) is 11.8 Å². The summed E-state index contributed by atoms with van der Waals surface area (Å²) in [4.78, 5) is 0. The van der Waals surface area contributed by atoms with Crippen molar-refractivity contribution in [3.05, 3.63) is 5.92 Å². The molecule has 0 spiro atoms. The van der Waals surface area contributed by atoms with Crippen molar-refractivity contribution in [2.75, 3.05) is 0 Å². The van der Waals surface area contributed by atoms with Crippen LogP contribution in [-0.2, 0) is 0 Å². The average Bonchev–Trinajstić information content (AvgIpc) is 1.72. The summed E-state index contributed by atoms with van der Waals surface area (Å²) in [5.41, 5.74) is 0. The molecule has 3 aliphatic rings. The van der Waals surface area contributed by atoms with E-state index in [1.807, 2.05) is 5.92 Å². The van der Waals surface area contributed by atoms with E-state index in [1.54, 1.807) is 0 Å². The van der Waals surface area contributed by atoms with Gasteiger partial charge in [0.2, 0.25) is 0 Å². The first-order valence-electron chi connectivity index (χ1n) is 2.79. The molecule has 42 valence electrons. The first kappa shape index (κ1) is 9.50. The van der Waals surface area contributed by atoms with E-state index in [9.17, 15) is 0 Å². The molecule has 0 aromatic heterocycles. The van der Waals surface area contributed by atoms with E-state index >= 15 is 0 Å².